The fourth-order valence-corrected chi connectivity index (χ4v) is 5.46. The van der Waals surface area contributed by atoms with Gasteiger partial charge in [0.2, 0.25) is 0 Å². The third kappa shape index (κ3) is 4.65. The van der Waals surface area contributed by atoms with Crippen LogP contribution < -0.4 is 11.1 Å². The number of nitrogens with two attached hydrogens (primary N) is 1. The number of aliphatic hydroxyl groups excluding tert-OH is 1. The molecule has 2 fully saturated rings. The molecule has 2 saturated carbocycles. The first kappa shape index (κ1) is 22.4. The van der Waals surface area contributed by atoms with E-state index in [0.29, 0.717) is 30.1 Å². The highest BCUT2D eigenvalue weighted by molar-refractivity contribution is 5.99. The van der Waals surface area contributed by atoms with E-state index in [1.165, 1.54) is 24.5 Å². The average Bonchev–Trinajstić information content (AvgIpc) is 3.51. The van der Waals surface area contributed by atoms with Gasteiger partial charge in [-0.15, -0.1) is 0 Å². The van der Waals surface area contributed by atoms with Crippen LogP contribution in [0.5, 0.6) is 0 Å². The van der Waals surface area contributed by atoms with Crippen molar-refractivity contribution in [2.75, 3.05) is 5.32 Å². The topological polar surface area (TPSA) is 93.2 Å². The summed E-state index contributed by atoms with van der Waals surface area (Å²) in [5.41, 5.74) is 10.3. The fraction of sp³-hybridized carbons (Fsp3) is 0.615. The Morgan fingerprint density at radius 3 is 2.64 bits per heavy atom. The lowest BCUT2D eigenvalue weighted by Gasteiger charge is -2.30. The molecule has 33 heavy (non-hydrogen) atoms. The quantitative estimate of drug-likeness (QED) is 0.607. The predicted octanol–water partition coefficient (Wildman–Crippen LogP) is 4.29. The Morgan fingerprint density at radius 2 is 1.97 bits per heavy atom. The molecular formula is C26H35FN4O2. The van der Waals surface area contributed by atoms with Gasteiger partial charge in [-0.05, 0) is 93.2 Å². The summed E-state index contributed by atoms with van der Waals surface area (Å²) < 4.78 is 17.2. The minimum Gasteiger partial charge on any atom is -0.393 e. The van der Waals surface area contributed by atoms with Crippen LogP contribution >= 0.6 is 0 Å². The van der Waals surface area contributed by atoms with Gasteiger partial charge in [-0.3, -0.25) is 4.79 Å². The standard InChI is InChI=1S/C26H35FN4O2/c1-26(2)10-9-18-22(11-15-3-4-15)30-31(24(18)14-26)23-13-21(19(25(28)33)12-20(23)27)29-16-5-7-17(32)8-6-16/h12-13,15-17,29,32H,3-11,14H2,1-2H3,(H2,28,33)/t16-,17-. The van der Waals surface area contributed by atoms with Gasteiger partial charge in [0.05, 0.1) is 17.4 Å². The van der Waals surface area contributed by atoms with Crippen LogP contribution in [-0.4, -0.2) is 32.9 Å². The van der Waals surface area contributed by atoms with Crippen molar-refractivity contribution >= 4 is 11.6 Å². The van der Waals surface area contributed by atoms with Gasteiger partial charge in [0.25, 0.3) is 5.91 Å². The third-order valence-electron chi connectivity index (χ3n) is 7.69. The second kappa shape index (κ2) is 8.42. The van der Waals surface area contributed by atoms with E-state index in [1.54, 1.807) is 10.7 Å². The van der Waals surface area contributed by atoms with Crippen LogP contribution in [0.3, 0.4) is 0 Å². The van der Waals surface area contributed by atoms with Crippen LogP contribution in [0.15, 0.2) is 12.1 Å². The highest BCUT2D eigenvalue weighted by Gasteiger charge is 2.34. The van der Waals surface area contributed by atoms with E-state index in [-0.39, 0.29) is 23.1 Å². The summed E-state index contributed by atoms with van der Waals surface area (Å²) in [5, 5.41) is 18.2. The van der Waals surface area contributed by atoms with Crippen LogP contribution in [-0.2, 0) is 19.3 Å². The smallest absolute Gasteiger partial charge is 0.250 e. The van der Waals surface area contributed by atoms with Gasteiger partial charge in [-0.25, -0.2) is 9.07 Å². The number of hydrogen-bond acceptors (Lipinski definition) is 4. The molecule has 1 aromatic carbocycles. The maximum atomic E-state index is 15.4. The van der Waals surface area contributed by atoms with Crippen LogP contribution in [0.2, 0.25) is 0 Å². The number of primary amides is 1. The lowest BCUT2D eigenvalue weighted by atomic mass is 9.76. The molecule has 5 rings (SSSR count). The Morgan fingerprint density at radius 1 is 1.24 bits per heavy atom. The number of rotatable bonds is 6. The molecule has 2 aromatic rings. The van der Waals surface area contributed by atoms with E-state index in [2.05, 4.69) is 19.2 Å². The molecule has 3 aliphatic carbocycles. The molecule has 7 heteroatoms. The van der Waals surface area contributed by atoms with Gasteiger partial charge in [-0.1, -0.05) is 13.8 Å². The number of aliphatic hydroxyl groups is 1. The number of nitrogens with zero attached hydrogens (tertiary/aromatic N) is 2. The summed E-state index contributed by atoms with van der Waals surface area (Å²) in [4.78, 5) is 12.1. The normalized spacial score (nSPS) is 24.4. The summed E-state index contributed by atoms with van der Waals surface area (Å²) in [7, 11) is 0. The number of nitrogens with one attached hydrogen (secondary N) is 1. The van der Waals surface area contributed by atoms with E-state index >= 15 is 4.39 Å². The number of benzene rings is 1. The molecule has 1 aromatic heterocycles. The molecule has 0 saturated heterocycles. The van der Waals surface area contributed by atoms with Gasteiger partial charge in [0.1, 0.15) is 11.5 Å². The zero-order valence-electron chi connectivity index (χ0n) is 19.7. The van der Waals surface area contributed by atoms with E-state index in [9.17, 15) is 9.90 Å². The Labute approximate surface area is 194 Å². The zero-order valence-corrected chi connectivity index (χ0v) is 19.7. The van der Waals surface area contributed by atoms with Crippen molar-refractivity contribution in [2.24, 2.45) is 17.1 Å². The minimum absolute atomic E-state index is 0.112. The molecule has 1 heterocycles. The molecule has 0 bridgehead atoms. The summed E-state index contributed by atoms with van der Waals surface area (Å²) >= 11 is 0. The maximum Gasteiger partial charge on any atom is 0.250 e. The molecule has 0 radical (unpaired) electrons. The molecule has 3 aliphatic rings. The number of halogens is 1. The Hall–Kier alpha value is -2.41. The van der Waals surface area contributed by atoms with E-state index in [0.717, 1.165) is 49.9 Å². The van der Waals surface area contributed by atoms with Crippen molar-refractivity contribution in [1.29, 1.82) is 0 Å². The van der Waals surface area contributed by atoms with Crippen LogP contribution in [0.4, 0.5) is 10.1 Å². The summed E-state index contributed by atoms with van der Waals surface area (Å²) in [6.07, 6.45) is 9.13. The lowest BCUT2D eigenvalue weighted by molar-refractivity contribution is 0.1000. The van der Waals surface area contributed by atoms with Crippen LogP contribution in [0.25, 0.3) is 5.69 Å². The molecule has 178 valence electrons. The number of aromatic nitrogens is 2. The second-order valence-corrected chi connectivity index (χ2v) is 11.1. The SMILES string of the molecule is CC1(C)CCc2c(CC3CC3)nn(-c3cc(N[C@H]4CC[C@H](O)CC4)c(C(N)=O)cc3F)c2C1. The average molecular weight is 455 g/mol. The molecule has 0 aliphatic heterocycles. The van der Waals surface area contributed by atoms with Crippen molar-refractivity contribution < 1.29 is 14.3 Å². The molecule has 0 unspecified atom stereocenters. The minimum atomic E-state index is -0.656. The van der Waals surface area contributed by atoms with Crippen LogP contribution in [0, 0.1) is 17.2 Å². The molecule has 0 atom stereocenters. The maximum absolute atomic E-state index is 15.4. The van der Waals surface area contributed by atoms with Gasteiger partial charge in [0.15, 0.2) is 0 Å². The summed E-state index contributed by atoms with van der Waals surface area (Å²) in [5.74, 6) is -0.440. The Bertz CT molecular complexity index is 1060. The first-order valence-corrected chi connectivity index (χ1v) is 12.4. The molecule has 6 nitrogen and oxygen atoms in total. The number of anilines is 1. The van der Waals surface area contributed by atoms with Crippen molar-refractivity contribution in [2.45, 2.75) is 90.2 Å². The van der Waals surface area contributed by atoms with Crippen molar-refractivity contribution in [1.82, 2.24) is 9.78 Å². The molecule has 0 spiro atoms. The summed E-state index contributed by atoms with van der Waals surface area (Å²) in [6.45, 7) is 4.51. The van der Waals surface area contributed by atoms with Crippen molar-refractivity contribution in [3.8, 4) is 5.69 Å². The third-order valence-corrected chi connectivity index (χ3v) is 7.69. The van der Waals surface area contributed by atoms with E-state index in [1.807, 2.05) is 0 Å². The lowest BCUT2D eigenvalue weighted by Crippen LogP contribution is -2.29. The largest absolute Gasteiger partial charge is 0.393 e. The number of carbonyl (C=O) groups excluding carboxylic acids is 1. The molecule has 4 N–H and O–H groups in total. The highest BCUT2D eigenvalue weighted by Crippen LogP contribution is 2.41. The highest BCUT2D eigenvalue weighted by atomic mass is 19.1. The second-order valence-electron chi connectivity index (χ2n) is 11.1. The van der Waals surface area contributed by atoms with E-state index < -0.39 is 11.7 Å². The van der Waals surface area contributed by atoms with Crippen molar-refractivity contribution in [3.05, 3.63) is 40.5 Å². The van der Waals surface area contributed by atoms with Gasteiger partial charge in [-0.2, -0.15) is 5.10 Å². The Balaban J connectivity index is 1.56. The van der Waals surface area contributed by atoms with Crippen LogP contribution in [0.1, 0.15) is 86.1 Å². The first-order chi connectivity index (χ1) is 15.7. The van der Waals surface area contributed by atoms with Crippen molar-refractivity contribution in [3.63, 3.8) is 0 Å². The molecular weight excluding hydrogens is 419 g/mol. The first-order valence-electron chi connectivity index (χ1n) is 12.4. The molecule has 1 amide bonds. The van der Waals surface area contributed by atoms with E-state index in [4.69, 9.17) is 10.8 Å². The van der Waals surface area contributed by atoms with Gasteiger partial charge < -0.3 is 16.2 Å². The predicted molar refractivity (Wildman–Crippen MR) is 126 cm³/mol. The number of amides is 1. The van der Waals surface area contributed by atoms with Gasteiger partial charge >= 0.3 is 0 Å². The number of hydrogen-bond donors (Lipinski definition) is 3. The number of carbonyl (C=O) groups is 1. The fourth-order valence-electron chi connectivity index (χ4n) is 5.46. The monoisotopic (exact) mass is 454 g/mol. The summed E-state index contributed by atoms with van der Waals surface area (Å²) in [6, 6.07) is 3.07. The zero-order chi connectivity index (χ0) is 23.3. The number of fused-ring (bicyclic) bond motifs is 1. The Kier molecular flexibility index (Phi) is 5.71. The van der Waals surface area contributed by atoms with Gasteiger partial charge in [0, 0.05) is 17.4 Å².